The lowest BCUT2D eigenvalue weighted by molar-refractivity contribution is 0.0861. The summed E-state index contributed by atoms with van der Waals surface area (Å²) in [7, 11) is 0. The van der Waals surface area contributed by atoms with E-state index >= 15 is 0 Å². The molecule has 2 aliphatic heterocycles. The molecule has 4 heteroatoms. The van der Waals surface area contributed by atoms with E-state index in [4.69, 9.17) is 9.47 Å². The standard InChI is InChI=1S/C16H22BrNO2/c1-2-15-11(5-7-19-15)10-18-14-6-8-20-16-4-3-12(17)9-13(14)16/h3-4,9,11,14-15,18H,2,5-8,10H2,1H3. The minimum Gasteiger partial charge on any atom is -0.493 e. The molecule has 1 N–H and O–H groups in total. The van der Waals surface area contributed by atoms with E-state index in [1.165, 1.54) is 12.0 Å². The van der Waals surface area contributed by atoms with Gasteiger partial charge in [0.05, 0.1) is 12.7 Å². The second kappa shape index (κ2) is 6.46. The molecule has 3 nitrogen and oxygen atoms in total. The molecule has 0 aromatic heterocycles. The first-order chi connectivity index (χ1) is 9.78. The quantitative estimate of drug-likeness (QED) is 0.907. The lowest BCUT2D eigenvalue weighted by Gasteiger charge is -2.28. The Hall–Kier alpha value is -0.580. The van der Waals surface area contributed by atoms with Gasteiger partial charge in [-0.2, -0.15) is 0 Å². The molecule has 1 aromatic carbocycles. The Morgan fingerprint density at radius 2 is 2.20 bits per heavy atom. The molecule has 20 heavy (non-hydrogen) atoms. The molecule has 0 radical (unpaired) electrons. The Kier molecular flexibility index (Phi) is 4.64. The Bertz CT molecular complexity index is 466. The highest BCUT2D eigenvalue weighted by atomic mass is 79.9. The van der Waals surface area contributed by atoms with Crippen LogP contribution in [-0.4, -0.2) is 25.9 Å². The van der Waals surface area contributed by atoms with Crippen LogP contribution in [0.1, 0.15) is 37.8 Å². The second-order valence-electron chi connectivity index (χ2n) is 5.65. The number of halogens is 1. The SMILES string of the molecule is CCC1OCCC1CNC1CCOc2ccc(Br)cc21. The van der Waals surface area contributed by atoms with Crippen LogP contribution in [0.25, 0.3) is 0 Å². The van der Waals surface area contributed by atoms with Gasteiger partial charge >= 0.3 is 0 Å². The molecule has 3 rings (SSSR count). The minimum atomic E-state index is 0.398. The van der Waals surface area contributed by atoms with Crippen molar-refractivity contribution in [2.45, 2.75) is 38.3 Å². The minimum absolute atomic E-state index is 0.398. The van der Waals surface area contributed by atoms with Crippen molar-refractivity contribution >= 4 is 15.9 Å². The van der Waals surface area contributed by atoms with E-state index in [0.29, 0.717) is 18.1 Å². The van der Waals surface area contributed by atoms with Gasteiger partial charge in [-0.25, -0.2) is 0 Å². The molecule has 0 saturated carbocycles. The Labute approximate surface area is 129 Å². The van der Waals surface area contributed by atoms with Crippen LogP contribution in [0.2, 0.25) is 0 Å². The van der Waals surface area contributed by atoms with Crippen LogP contribution in [0.4, 0.5) is 0 Å². The summed E-state index contributed by atoms with van der Waals surface area (Å²) < 4.78 is 12.6. The third-order valence-electron chi connectivity index (χ3n) is 4.39. The summed E-state index contributed by atoms with van der Waals surface area (Å²) in [6, 6.07) is 6.67. The predicted octanol–water partition coefficient (Wildman–Crippen LogP) is 3.68. The molecule has 2 aliphatic rings. The number of rotatable bonds is 4. The van der Waals surface area contributed by atoms with Crippen LogP contribution < -0.4 is 10.1 Å². The zero-order chi connectivity index (χ0) is 13.9. The van der Waals surface area contributed by atoms with Crippen molar-refractivity contribution in [3.8, 4) is 5.75 Å². The van der Waals surface area contributed by atoms with Crippen molar-refractivity contribution in [2.75, 3.05) is 19.8 Å². The van der Waals surface area contributed by atoms with E-state index < -0.39 is 0 Å². The molecule has 2 heterocycles. The van der Waals surface area contributed by atoms with E-state index in [1.807, 2.05) is 6.07 Å². The van der Waals surface area contributed by atoms with Gasteiger partial charge in [-0.1, -0.05) is 22.9 Å². The third kappa shape index (κ3) is 3.02. The van der Waals surface area contributed by atoms with Crippen molar-refractivity contribution in [3.63, 3.8) is 0 Å². The maximum atomic E-state index is 5.77. The maximum absolute atomic E-state index is 5.77. The number of hydrogen-bond acceptors (Lipinski definition) is 3. The van der Waals surface area contributed by atoms with Crippen LogP contribution >= 0.6 is 15.9 Å². The largest absolute Gasteiger partial charge is 0.493 e. The van der Waals surface area contributed by atoms with Gasteiger partial charge in [0.2, 0.25) is 0 Å². The molecule has 0 bridgehead atoms. The molecule has 3 atom stereocenters. The van der Waals surface area contributed by atoms with Gasteiger partial charge in [-0.3, -0.25) is 0 Å². The van der Waals surface area contributed by atoms with Gasteiger partial charge in [0, 0.05) is 35.7 Å². The topological polar surface area (TPSA) is 30.5 Å². The van der Waals surface area contributed by atoms with Gasteiger partial charge in [0.1, 0.15) is 5.75 Å². The van der Waals surface area contributed by atoms with Crippen molar-refractivity contribution in [1.82, 2.24) is 5.32 Å². The molecule has 0 amide bonds. The molecule has 0 aliphatic carbocycles. The molecule has 3 unspecified atom stereocenters. The van der Waals surface area contributed by atoms with Gasteiger partial charge < -0.3 is 14.8 Å². The van der Waals surface area contributed by atoms with E-state index in [0.717, 1.165) is 42.8 Å². The third-order valence-corrected chi connectivity index (χ3v) is 4.88. The average Bonchev–Trinajstić information content (AvgIpc) is 2.92. The molecule has 1 aromatic rings. The van der Waals surface area contributed by atoms with E-state index in [9.17, 15) is 0 Å². The second-order valence-corrected chi connectivity index (χ2v) is 6.56. The Morgan fingerprint density at radius 1 is 1.30 bits per heavy atom. The summed E-state index contributed by atoms with van der Waals surface area (Å²) in [4.78, 5) is 0. The highest BCUT2D eigenvalue weighted by Gasteiger charge is 2.28. The summed E-state index contributed by atoms with van der Waals surface area (Å²) in [5.74, 6) is 1.67. The number of hydrogen-bond donors (Lipinski definition) is 1. The Morgan fingerprint density at radius 3 is 3.05 bits per heavy atom. The van der Waals surface area contributed by atoms with E-state index in [2.05, 4.69) is 40.3 Å². The van der Waals surface area contributed by atoms with Crippen molar-refractivity contribution < 1.29 is 9.47 Å². The molecular weight excluding hydrogens is 318 g/mol. The van der Waals surface area contributed by atoms with Gasteiger partial charge in [0.15, 0.2) is 0 Å². The first-order valence-corrected chi connectivity index (χ1v) is 8.34. The monoisotopic (exact) mass is 339 g/mol. The average molecular weight is 340 g/mol. The first kappa shape index (κ1) is 14.4. The zero-order valence-corrected chi connectivity index (χ0v) is 13.5. The molecule has 1 fully saturated rings. The molecule has 110 valence electrons. The van der Waals surface area contributed by atoms with Crippen LogP contribution in [0.15, 0.2) is 22.7 Å². The van der Waals surface area contributed by atoms with Crippen LogP contribution in [0, 0.1) is 5.92 Å². The smallest absolute Gasteiger partial charge is 0.124 e. The van der Waals surface area contributed by atoms with Crippen molar-refractivity contribution in [2.24, 2.45) is 5.92 Å². The Balaban J connectivity index is 1.66. The zero-order valence-electron chi connectivity index (χ0n) is 11.9. The lowest BCUT2D eigenvalue weighted by Crippen LogP contribution is -2.33. The summed E-state index contributed by atoms with van der Waals surface area (Å²) in [6.45, 7) is 4.96. The van der Waals surface area contributed by atoms with Gasteiger partial charge in [0.25, 0.3) is 0 Å². The normalized spacial score (nSPS) is 29.0. The summed E-state index contributed by atoms with van der Waals surface area (Å²) in [6.07, 6.45) is 3.76. The number of ether oxygens (including phenoxy) is 2. The number of benzene rings is 1. The lowest BCUT2D eigenvalue weighted by atomic mass is 9.96. The first-order valence-electron chi connectivity index (χ1n) is 7.55. The van der Waals surface area contributed by atoms with Crippen LogP contribution in [-0.2, 0) is 4.74 Å². The molecule has 1 saturated heterocycles. The van der Waals surface area contributed by atoms with E-state index in [-0.39, 0.29) is 0 Å². The fourth-order valence-corrected chi connectivity index (χ4v) is 3.63. The predicted molar refractivity (Wildman–Crippen MR) is 83.1 cm³/mol. The number of nitrogens with one attached hydrogen (secondary N) is 1. The highest BCUT2D eigenvalue weighted by molar-refractivity contribution is 9.10. The fraction of sp³-hybridized carbons (Fsp3) is 0.625. The fourth-order valence-electron chi connectivity index (χ4n) is 3.25. The summed E-state index contributed by atoms with van der Waals surface area (Å²) >= 11 is 3.55. The summed E-state index contributed by atoms with van der Waals surface area (Å²) in [5, 5.41) is 3.73. The molecule has 0 spiro atoms. The van der Waals surface area contributed by atoms with Crippen LogP contribution in [0.3, 0.4) is 0 Å². The van der Waals surface area contributed by atoms with Gasteiger partial charge in [-0.15, -0.1) is 0 Å². The van der Waals surface area contributed by atoms with Crippen molar-refractivity contribution in [3.05, 3.63) is 28.2 Å². The van der Waals surface area contributed by atoms with E-state index in [1.54, 1.807) is 0 Å². The number of fused-ring (bicyclic) bond motifs is 1. The molecular formula is C16H22BrNO2. The van der Waals surface area contributed by atoms with Crippen molar-refractivity contribution in [1.29, 1.82) is 0 Å². The highest BCUT2D eigenvalue weighted by Crippen LogP contribution is 2.34. The van der Waals surface area contributed by atoms with Crippen LogP contribution in [0.5, 0.6) is 5.75 Å². The van der Waals surface area contributed by atoms with Gasteiger partial charge in [-0.05, 0) is 37.0 Å². The summed E-state index contributed by atoms with van der Waals surface area (Å²) in [5.41, 5.74) is 1.28. The maximum Gasteiger partial charge on any atom is 0.124 e.